The summed E-state index contributed by atoms with van der Waals surface area (Å²) in [6.07, 6.45) is -11.7. The summed E-state index contributed by atoms with van der Waals surface area (Å²) in [5.74, 6) is -4.66. The van der Waals surface area contributed by atoms with Gasteiger partial charge in [-0.05, 0) is 19.1 Å². The molecular weight excluding hydrogens is 380 g/mol. The average Bonchev–Trinajstić information content (AvgIpc) is 2.43. The summed E-state index contributed by atoms with van der Waals surface area (Å²) in [5, 5.41) is 8.90. The summed E-state index contributed by atoms with van der Waals surface area (Å²) in [6.45, 7) is -0.645. The summed E-state index contributed by atoms with van der Waals surface area (Å²) in [7, 11) is -4.86. The van der Waals surface area contributed by atoms with Crippen LogP contribution >= 0.6 is 0 Å². The number of carbonyl (C=O) groups excluding carboxylic acids is 1. The Balaban J connectivity index is 3.26. The normalized spacial score (nSPS) is 14.6. The van der Waals surface area contributed by atoms with Gasteiger partial charge in [0.05, 0.1) is 17.5 Å². The fraction of sp³-hybridized carbons (Fsp3) is 0.462. The number of nitrogens with one attached hydrogen (secondary N) is 1. The number of rotatable bonds is 6. The number of Topliss-reactive ketones (excluding diaryl/α,β-unsaturated/α-hetero) is 1. The Morgan fingerprint density at radius 3 is 2.08 bits per heavy atom. The highest BCUT2D eigenvalue weighted by Gasteiger charge is 2.60. The van der Waals surface area contributed by atoms with E-state index in [9.17, 15) is 39.6 Å². The van der Waals surface area contributed by atoms with E-state index in [1.165, 1.54) is 10.8 Å². The van der Waals surface area contributed by atoms with E-state index in [4.69, 9.17) is 5.11 Å². The van der Waals surface area contributed by atoms with Crippen molar-refractivity contribution >= 4 is 15.8 Å². The molecule has 1 rings (SSSR count). The van der Waals surface area contributed by atoms with E-state index in [1.54, 1.807) is 0 Å². The van der Waals surface area contributed by atoms with E-state index < -0.39 is 51.6 Å². The van der Waals surface area contributed by atoms with Crippen molar-refractivity contribution in [2.24, 2.45) is 5.92 Å². The van der Waals surface area contributed by atoms with Crippen molar-refractivity contribution in [1.29, 1.82) is 0 Å². The van der Waals surface area contributed by atoms with Gasteiger partial charge >= 0.3 is 12.4 Å². The van der Waals surface area contributed by atoms with E-state index >= 15 is 0 Å². The Bertz CT molecular complexity index is 715. The molecule has 0 aromatic heterocycles. The molecule has 0 spiro atoms. The van der Waals surface area contributed by atoms with Gasteiger partial charge in [0.15, 0.2) is 11.7 Å². The van der Waals surface area contributed by atoms with Crippen molar-refractivity contribution < 1.29 is 44.7 Å². The molecule has 142 valence electrons. The second-order valence-corrected chi connectivity index (χ2v) is 6.77. The molecular formula is C13H13F6NO4S. The van der Waals surface area contributed by atoms with Gasteiger partial charge < -0.3 is 5.11 Å². The lowest BCUT2D eigenvalue weighted by atomic mass is 10.00. The Hall–Kier alpha value is -1.66. The molecule has 0 saturated heterocycles. The zero-order valence-electron chi connectivity index (χ0n) is 12.5. The molecule has 0 radical (unpaired) electrons. The minimum absolute atomic E-state index is 0.105. The fourth-order valence-corrected chi connectivity index (χ4v) is 3.29. The van der Waals surface area contributed by atoms with Crippen LogP contribution in [0, 0.1) is 5.92 Å². The van der Waals surface area contributed by atoms with Gasteiger partial charge in [-0.15, -0.1) is 0 Å². The predicted molar refractivity (Wildman–Crippen MR) is 73.2 cm³/mol. The van der Waals surface area contributed by atoms with Crippen molar-refractivity contribution in [3.05, 3.63) is 29.8 Å². The molecule has 1 atom stereocenters. The van der Waals surface area contributed by atoms with Crippen molar-refractivity contribution in [3.8, 4) is 0 Å². The molecule has 25 heavy (non-hydrogen) atoms. The van der Waals surface area contributed by atoms with E-state index in [0.29, 0.717) is 0 Å². The predicted octanol–water partition coefficient (Wildman–Crippen LogP) is 2.27. The largest absolute Gasteiger partial charge is 0.402 e. The maximum atomic E-state index is 12.7. The molecule has 0 aliphatic heterocycles. The second-order valence-electron chi connectivity index (χ2n) is 5.06. The highest BCUT2D eigenvalue weighted by Crippen LogP contribution is 2.41. The number of hydrogen-bond donors (Lipinski definition) is 2. The number of carbonyl (C=O) groups is 1. The summed E-state index contributed by atoms with van der Waals surface area (Å²) < 4.78 is 101. The maximum absolute atomic E-state index is 12.7. The van der Waals surface area contributed by atoms with Crippen LogP contribution in [0.4, 0.5) is 26.3 Å². The first kappa shape index (κ1) is 21.4. The minimum Gasteiger partial charge on any atom is -0.395 e. The molecule has 5 nitrogen and oxygen atoms in total. The van der Waals surface area contributed by atoms with Crippen LogP contribution in [0.3, 0.4) is 0 Å². The first-order valence-corrected chi connectivity index (χ1v) is 8.06. The molecule has 2 N–H and O–H groups in total. The topological polar surface area (TPSA) is 83.5 Å². The molecule has 1 aromatic carbocycles. The lowest BCUT2D eigenvalue weighted by Crippen LogP contribution is -2.54. The number of alkyl halides is 6. The van der Waals surface area contributed by atoms with Crippen LogP contribution in [0.2, 0.25) is 0 Å². The zero-order valence-corrected chi connectivity index (χ0v) is 13.3. The third-order valence-corrected chi connectivity index (χ3v) is 4.65. The van der Waals surface area contributed by atoms with Crippen molar-refractivity contribution in [1.82, 2.24) is 4.72 Å². The second kappa shape index (κ2) is 7.30. The minimum atomic E-state index is -5.84. The molecule has 0 heterocycles. The summed E-state index contributed by atoms with van der Waals surface area (Å²) in [4.78, 5) is 10.5. The number of sulfonamides is 1. The van der Waals surface area contributed by atoms with Crippen LogP contribution in [0.15, 0.2) is 29.2 Å². The van der Waals surface area contributed by atoms with Gasteiger partial charge in [0.1, 0.15) is 0 Å². The van der Waals surface area contributed by atoms with Gasteiger partial charge in [-0.1, -0.05) is 12.1 Å². The van der Waals surface area contributed by atoms with E-state index in [-0.39, 0.29) is 5.56 Å². The van der Waals surface area contributed by atoms with Crippen LogP contribution in [-0.2, 0) is 10.0 Å². The van der Waals surface area contributed by atoms with E-state index in [2.05, 4.69) is 0 Å². The van der Waals surface area contributed by atoms with Crippen LogP contribution in [-0.4, -0.2) is 44.3 Å². The van der Waals surface area contributed by atoms with Gasteiger partial charge in [-0.2, -0.15) is 26.3 Å². The molecule has 1 aromatic rings. The fourth-order valence-electron chi connectivity index (χ4n) is 2.00. The Kier molecular flexibility index (Phi) is 6.24. The zero-order chi connectivity index (χ0) is 19.6. The quantitative estimate of drug-likeness (QED) is 0.574. The molecule has 0 aliphatic carbocycles. The lowest BCUT2D eigenvalue weighted by molar-refractivity contribution is -0.292. The monoisotopic (exact) mass is 393 g/mol. The molecule has 0 saturated carbocycles. The third kappa shape index (κ3) is 5.41. The highest BCUT2D eigenvalue weighted by molar-refractivity contribution is 7.89. The van der Waals surface area contributed by atoms with Crippen molar-refractivity contribution in [3.63, 3.8) is 0 Å². The molecule has 0 amide bonds. The van der Waals surface area contributed by atoms with Gasteiger partial charge in [0.2, 0.25) is 10.0 Å². The van der Waals surface area contributed by atoms with E-state index in [0.717, 1.165) is 25.1 Å². The summed E-state index contributed by atoms with van der Waals surface area (Å²) in [6, 6.07) is 1.13. The first-order chi connectivity index (χ1) is 11.2. The maximum Gasteiger partial charge on any atom is 0.402 e. The first-order valence-electron chi connectivity index (χ1n) is 6.57. The number of aliphatic hydroxyl groups is 1. The van der Waals surface area contributed by atoms with Gasteiger partial charge in [0, 0.05) is 5.56 Å². The molecule has 0 fully saturated rings. The average molecular weight is 393 g/mol. The molecule has 0 aliphatic rings. The van der Waals surface area contributed by atoms with E-state index in [1.807, 2.05) is 0 Å². The summed E-state index contributed by atoms with van der Waals surface area (Å²) >= 11 is 0. The van der Waals surface area contributed by atoms with Gasteiger partial charge in [0.25, 0.3) is 0 Å². The van der Waals surface area contributed by atoms with Crippen LogP contribution in [0.5, 0.6) is 0 Å². The van der Waals surface area contributed by atoms with Crippen LogP contribution < -0.4 is 4.72 Å². The molecule has 0 bridgehead atoms. The Morgan fingerprint density at radius 2 is 1.68 bits per heavy atom. The Morgan fingerprint density at radius 1 is 1.16 bits per heavy atom. The van der Waals surface area contributed by atoms with Gasteiger partial charge in [-0.25, -0.2) is 13.1 Å². The number of aliphatic hydroxyl groups excluding tert-OH is 1. The van der Waals surface area contributed by atoms with Crippen LogP contribution in [0.25, 0.3) is 0 Å². The summed E-state index contributed by atoms with van der Waals surface area (Å²) in [5.41, 5.74) is -0.105. The lowest BCUT2D eigenvalue weighted by Gasteiger charge is -2.29. The van der Waals surface area contributed by atoms with Crippen LogP contribution in [0.1, 0.15) is 17.3 Å². The number of hydrogen-bond acceptors (Lipinski definition) is 4. The highest BCUT2D eigenvalue weighted by atomic mass is 32.2. The number of halogens is 6. The smallest absolute Gasteiger partial charge is 0.395 e. The van der Waals surface area contributed by atoms with Crippen molar-refractivity contribution in [2.45, 2.75) is 30.2 Å². The SMILES string of the molecule is CC(=O)c1cccc(S(=O)(=O)NC(CO)C(C(F)(F)F)C(F)(F)F)c1. The molecule has 1 unspecified atom stereocenters. The molecule has 12 heteroatoms. The number of ketones is 1. The standard InChI is InChI=1S/C13H13F6NO4S/c1-7(22)8-3-2-4-9(5-8)25(23,24)20-10(6-21)11(12(14,15)16)13(17,18)19/h2-5,10-11,20-21H,6H2,1H3. The Labute approximate surface area is 138 Å². The third-order valence-electron chi connectivity index (χ3n) is 3.16. The number of benzene rings is 1. The van der Waals surface area contributed by atoms with Gasteiger partial charge in [-0.3, -0.25) is 4.79 Å². The van der Waals surface area contributed by atoms with Crippen molar-refractivity contribution in [2.75, 3.05) is 6.61 Å².